The Hall–Kier alpha value is -1.40. The molecule has 1 aromatic rings. The molecule has 0 aromatic heterocycles. The predicted molar refractivity (Wildman–Crippen MR) is 89.6 cm³/mol. The molecule has 3 rings (SSSR count). The molecular weight excluding hydrogens is 392 g/mol. The first kappa shape index (κ1) is 20.3. The first-order chi connectivity index (χ1) is 12.7. The van der Waals surface area contributed by atoms with Gasteiger partial charge in [0, 0.05) is 7.05 Å². The molecule has 6 atom stereocenters. The zero-order chi connectivity index (χ0) is 19.8. The highest BCUT2D eigenvalue weighted by Crippen LogP contribution is 2.39. The molecule has 3 N–H and O–H groups in total. The molecular formula is C16H18F4N2O4S. The molecule has 6 nitrogen and oxygen atoms in total. The largest absolute Gasteiger partial charge is 0.417 e. The number of aliphatic hydroxyl groups excluding tert-OH is 2. The number of ether oxygens (including phenoxy) is 2. The maximum absolute atomic E-state index is 13.6. The van der Waals surface area contributed by atoms with Gasteiger partial charge >= 0.3 is 6.18 Å². The van der Waals surface area contributed by atoms with Crippen molar-refractivity contribution in [1.29, 1.82) is 0 Å². The maximum atomic E-state index is 13.6. The summed E-state index contributed by atoms with van der Waals surface area (Å²) in [5.41, 5.74) is -0.530. The molecule has 2 fully saturated rings. The van der Waals surface area contributed by atoms with Gasteiger partial charge in [-0.3, -0.25) is 4.99 Å². The third-order valence-corrected chi connectivity index (χ3v) is 5.48. The summed E-state index contributed by atoms with van der Waals surface area (Å²) in [5, 5.41) is 23.7. The number of rotatable bonds is 4. The Bertz CT molecular complexity index is 688. The average Bonchev–Trinajstić information content (AvgIpc) is 3.03. The van der Waals surface area contributed by atoms with E-state index < -0.39 is 54.5 Å². The number of amidine groups is 1. The van der Waals surface area contributed by atoms with E-state index in [4.69, 9.17) is 9.47 Å². The average molecular weight is 410 g/mol. The zero-order valence-corrected chi connectivity index (χ0v) is 14.9. The van der Waals surface area contributed by atoms with Gasteiger partial charge in [0.15, 0.2) is 11.3 Å². The van der Waals surface area contributed by atoms with Gasteiger partial charge in [0.25, 0.3) is 0 Å². The summed E-state index contributed by atoms with van der Waals surface area (Å²) in [6.45, 7) is -0.464. The number of aliphatic imine (C=N–C) groups is 1. The van der Waals surface area contributed by atoms with Crippen molar-refractivity contribution in [3.05, 3.63) is 35.6 Å². The summed E-state index contributed by atoms with van der Waals surface area (Å²) < 4.78 is 64.0. The second-order valence-electron chi connectivity index (χ2n) is 6.17. The Kier molecular flexibility index (Phi) is 5.96. The summed E-state index contributed by atoms with van der Waals surface area (Å²) in [4.78, 5) is 3.88. The lowest BCUT2D eigenvalue weighted by Crippen LogP contribution is -2.63. The van der Waals surface area contributed by atoms with Crippen molar-refractivity contribution >= 4 is 16.9 Å². The number of fused-ring (bicyclic) bond motifs is 1. The van der Waals surface area contributed by atoms with Gasteiger partial charge in [-0.2, -0.15) is 13.2 Å². The third-order valence-electron chi connectivity index (χ3n) is 4.32. The lowest BCUT2D eigenvalue weighted by atomic mass is 9.94. The lowest BCUT2D eigenvalue weighted by molar-refractivity contribution is -0.287. The van der Waals surface area contributed by atoms with Crippen LogP contribution in [0.5, 0.6) is 0 Å². The van der Waals surface area contributed by atoms with E-state index in [1.165, 1.54) is 19.2 Å². The van der Waals surface area contributed by atoms with Crippen molar-refractivity contribution in [3.63, 3.8) is 0 Å². The molecule has 2 aliphatic heterocycles. The molecule has 0 aliphatic carbocycles. The minimum Gasteiger partial charge on any atom is -0.388 e. The van der Waals surface area contributed by atoms with Crippen molar-refractivity contribution in [1.82, 2.24) is 5.32 Å². The molecule has 6 unspecified atom stereocenters. The minimum absolute atomic E-state index is 0.326. The minimum atomic E-state index is -4.85. The fraction of sp³-hybridized carbons (Fsp3) is 0.562. The number of benzene rings is 1. The molecule has 27 heavy (non-hydrogen) atoms. The lowest BCUT2D eigenvalue weighted by Gasteiger charge is -2.42. The van der Waals surface area contributed by atoms with Crippen LogP contribution in [0.4, 0.5) is 17.6 Å². The van der Waals surface area contributed by atoms with E-state index in [9.17, 15) is 27.8 Å². The van der Waals surface area contributed by atoms with E-state index in [0.29, 0.717) is 10.7 Å². The fourth-order valence-electron chi connectivity index (χ4n) is 2.94. The van der Waals surface area contributed by atoms with Crippen LogP contribution in [0.3, 0.4) is 0 Å². The highest BCUT2D eigenvalue weighted by atomic mass is 32.2. The molecule has 0 spiro atoms. The quantitative estimate of drug-likeness (QED) is 0.652. The Morgan fingerprint density at radius 2 is 1.93 bits per heavy atom. The Balaban J connectivity index is 1.77. The first-order valence-electron chi connectivity index (χ1n) is 8.05. The smallest absolute Gasteiger partial charge is 0.388 e. The molecule has 150 valence electrons. The number of alkyl halides is 3. The van der Waals surface area contributed by atoms with Crippen LogP contribution in [0.1, 0.15) is 5.56 Å². The van der Waals surface area contributed by atoms with Crippen LogP contribution in [0.2, 0.25) is 0 Å². The van der Waals surface area contributed by atoms with Crippen molar-refractivity contribution in [2.45, 2.75) is 48.7 Å². The summed E-state index contributed by atoms with van der Waals surface area (Å²) in [5.74, 6) is -0.523. The normalized spacial score (nSPS) is 33.6. The number of aliphatic hydroxyl groups is 2. The van der Waals surface area contributed by atoms with Crippen molar-refractivity contribution < 1.29 is 37.2 Å². The number of thioether (sulfide) groups is 1. The van der Waals surface area contributed by atoms with Gasteiger partial charge in [0.05, 0.1) is 12.6 Å². The molecule has 0 amide bonds. The molecule has 2 aliphatic rings. The third kappa shape index (κ3) is 4.37. The van der Waals surface area contributed by atoms with Gasteiger partial charge in [-0.15, -0.1) is 0 Å². The number of nitrogens with zero attached hydrogens (tertiary/aromatic N) is 1. The van der Waals surface area contributed by atoms with Crippen LogP contribution in [-0.4, -0.2) is 64.5 Å². The van der Waals surface area contributed by atoms with Gasteiger partial charge in [-0.25, -0.2) is 4.39 Å². The van der Waals surface area contributed by atoms with Crippen LogP contribution in [0.15, 0.2) is 29.3 Å². The Morgan fingerprint density at radius 1 is 1.26 bits per heavy atom. The van der Waals surface area contributed by atoms with Crippen LogP contribution in [0, 0.1) is 5.82 Å². The summed E-state index contributed by atoms with van der Waals surface area (Å²) in [6.07, 6.45) is -12.5. The topological polar surface area (TPSA) is 83.3 Å². The van der Waals surface area contributed by atoms with E-state index in [2.05, 4.69) is 10.3 Å². The number of halogens is 4. The van der Waals surface area contributed by atoms with Gasteiger partial charge in [0.1, 0.15) is 29.6 Å². The summed E-state index contributed by atoms with van der Waals surface area (Å²) in [6, 6.07) is 4.02. The van der Waals surface area contributed by atoms with Crippen molar-refractivity contribution in [2.75, 3.05) is 7.05 Å². The summed E-state index contributed by atoms with van der Waals surface area (Å²) in [7, 11) is 1.48. The van der Waals surface area contributed by atoms with Crippen molar-refractivity contribution in [2.24, 2.45) is 4.99 Å². The fourth-order valence-corrected chi connectivity index (χ4v) is 4.03. The summed E-state index contributed by atoms with van der Waals surface area (Å²) >= 11 is 1.03. The monoisotopic (exact) mass is 410 g/mol. The second kappa shape index (κ2) is 7.92. The maximum Gasteiger partial charge on any atom is 0.417 e. The van der Waals surface area contributed by atoms with Gasteiger partial charge < -0.3 is 25.0 Å². The highest BCUT2D eigenvalue weighted by molar-refractivity contribution is 8.14. The van der Waals surface area contributed by atoms with Gasteiger partial charge in [-0.05, 0) is 17.7 Å². The number of nitrogens with one attached hydrogen (secondary N) is 1. The molecule has 2 saturated heterocycles. The molecule has 11 heteroatoms. The SMILES string of the molecule is CN=C1NC2C(OC(C(OCc3ccc(F)cc3)C(F)(F)F)C(O)C2O)S1. The molecule has 1 aromatic carbocycles. The van der Waals surface area contributed by atoms with Crippen LogP contribution >= 0.6 is 11.8 Å². The molecule has 0 saturated carbocycles. The molecule has 0 bridgehead atoms. The standard InChI is InChI=1S/C16H18F4N2O4S/c1-21-15-22-9-10(23)11(24)12(26-14(9)27-15)13(16(18,19)20)25-6-7-2-4-8(17)5-3-7/h2-5,9-14,23-24H,6H2,1H3,(H,21,22). The second-order valence-corrected chi connectivity index (χ2v) is 7.25. The van der Waals surface area contributed by atoms with E-state index >= 15 is 0 Å². The van der Waals surface area contributed by atoms with Gasteiger partial charge in [0.2, 0.25) is 0 Å². The van der Waals surface area contributed by atoms with E-state index in [-0.39, 0.29) is 0 Å². The van der Waals surface area contributed by atoms with E-state index in [0.717, 1.165) is 23.9 Å². The predicted octanol–water partition coefficient (Wildman–Crippen LogP) is 1.41. The van der Waals surface area contributed by atoms with Crippen molar-refractivity contribution in [3.8, 4) is 0 Å². The number of hydrogen-bond acceptors (Lipinski definition) is 6. The highest BCUT2D eigenvalue weighted by Gasteiger charge is 2.57. The van der Waals surface area contributed by atoms with Crippen LogP contribution in [0.25, 0.3) is 0 Å². The van der Waals surface area contributed by atoms with E-state index in [1.54, 1.807) is 0 Å². The zero-order valence-electron chi connectivity index (χ0n) is 14.1. The first-order valence-corrected chi connectivity index (χ1v) is 8.93. The number of hydrogen-bond donors (Lipinski definition) is 3. The van der Waals surface area contributed by atoms with Crippen LogP contribution in [-0.2, 0) is 16.1 Å². The van der Waals surface area contributed by atoms with Gasteiger partial charge in [-0.1, -0.05) is 23.9 Å². The van der Waals surface area contributed by atoms with E-state index in [1.807, 2.05) is 0 Å². The molecule has 0 radical (unpaired) electrons. The Morgan fingerprint density at radius 3 is 2.52 bits per heavy atom. The van der Waals surface area contributed by atoms with Crippen LogP contribution < -0.4 is 5.32 Å². The molecule has 2 heterocycles. The Labute approximate surface area is 156 Å².